The number of carboxylic acids is 2. The minimum absolute atomic E-state index is 0.0359. The van der Waals surface area contributed by atoms with Crippen LogP contribution in [0, 0.1) is 11.2 Å². The molecule has 136 valence electrons. The number of carboxylic acid groups (broad SMARTS) is 2. The average Bonchev–Trinajstić information content (AvgIpc) is 2.56. The highest BCUT2D eigenvalue weighted by Gasteiger charge is 2.34. The summed E-state index contributed by atoms with van der Waals surface area (Å²) >= 11 is 0. The van der Waals surface area contributed by atoms with Gasteiger partial charge in [0.1, 0.15) is 5.82 Å². The largest absolute Gasteiger partial charge is 0.481 e. The van der Waals surface area contributed by atoms with Crippen LogP contribution >= 0.6 is 0 Å². The number of rotatable bonds is 5. The second-order valence-corrected chi connectivity index (χ2v) is 6.08. The molecule has 25 heavy (non-hydrogen) atoms. The normalized spacial score (nSPS) is 20.1. The van der Waals surface area contributed by atoms with Gasteiger partial charge in [-0.1, -0.05) is 49.8 Å². The summed E-state index contributed by atoms with van der Waals surface area (Å²) in [7, 11) is 0. The van der Waals surface area contributed by atoms with E-state index in [4.69, 9.17) is 10.2 Å². The number of hydrogen-bond acceptors (Lipinski definition) is 3. The van der Waals surface area contributed by atoms with Gasteiger partial charge < -0.3 is 15.3 Å². The molecule has 1 aromatic carbocycles. The molecule has 0 spiro atoms. The molecule has 2 rings (SSSR count). The van der Waals surface area contributed by atoms with Crippen molar-refractivity contribution < 1.29 is 29.3 Å². The molecule has 0 amide bonds. The van der Waals surface area contributed by atoms with Crippen LogP contribution in [0.25, 0.3) is 0 Å². The van der Waals surface area contributed by atoms with Crippen LogP contribution in [0.15, 0.2) is 48.1 Å². The van der Waals surface area contributed by atoms with Crippen molar-refractivity contribution >= 4 is 11.9 Å². The molecular formula is C19H23FO5. The van der Waals surface area contributed by atoms with Crippen LogP contribution in [-0.2, 0) is 9.59 Å². The van der Waals surface area contributed by atoms with E-state index in [-0.39, 0.29) is 17.8 Å². The van der Waals surface area contributed by atoms with Gasteiger partial charge in [0.05, 0.1) is 11.5 Å². The van der Waals surface area contributed by atoms with Crippen molar-refractivity contribution in [2.24, 2.45) is 5.41 Å². The summed E-state index contributed by atoms with van der Waals surface area (Å²) in [4.78, 5) is 21.3. The van der Waals surface area contributed by atoms with Crippen LogP contribution in [0.2, 0.25) is 0 Å². The summed E-state index contributed by atoms with van der Waals surface area (Å²) in [5.74, 6) is -2.38. The van der Waals surface area contributed by atoms with E-state index in [9.17, 15) is 19.1 Å². The predicted molar refractivity (Wildman–Crippen MR) is 91.5 cm³/mol. The lowest BCUT2D eigenvalue weighted by atomic mass is 9.80. The van der Waals surface area contributed by atoms with Gasteiger partial charge in [0, 0.05) is 11.1 Å². The monoisotopic (exact) mass is 350 g/mol. The van der Waals surface area contributed by atoms with E-state index in [1.807, 2.05) is 6.92 Å². The Kier molecular flexibility index (Phi) is 7.51. The third-order valence-electron chi connectivity index (χ3n) is 3.91. The quantitative estimate of drug-likeness (QED) is 0.752. The van der Waals surface area contributed by atoms with E-state index < -0.39 is 23.5 Å². The summed E-state index contributed by atoms with van der Waals surface area (Å²) in [6.45, 7) is 3.46. The minimum Gasteiger partial charge on any atom is -0.481 e. The maximum absolute atomic E-state index is 13.0. The Morgan fingerprint density at radius 3 is 2.44 bits per heavy atom. The number of benzene rings is 1. The van der Waals surface area contributed by atoms with Crippen LogP contribution in [0.5, 0.6) is 0 Å². The van der Waals surface area contributed by atoms with Crippen molar-refractivity contribution in [3.8, 4) is 0 Å². The van der Waals surface area contributed by atoms with E-state index >= 15 is 0 Å². The van der Waals surface area contributed by atoms with Gasteiger partial charge in [-0.25, -0.2) is 9.18 Å². The van der Waals surface area contributed by atoms with Gasteiger partial charge >= 0.3 is 11.9 Å². The van der Waals surface area contributed by atoms with Gasteiger partial charge in [-0.3, -0.25) is 4.79 Å². The first-order chi connectivity index (χ1) is 11.7. The molecule has 0 saturated heterocycles. The third kappa shape index (κ3) is 5.83. The molecule has 1 aliphatic rings. The third-order valence-corrected chi connectivity index (χ3v) is 3.91. The molecule has 6 heteroatoms. The summed E-state index contributed by atoms with van der Waals surface area (Å²) in [5.41, 5.74) is -0.547. The Hall–Kier alpha value is -2.47. The summed E-state index contributed by atoms with van der Waals surface area (Å²) < 4.78 is 13.0. The molecule has 1 aromatic rings. The molecule has 2 unspecified atom stereocenters. The van der Waals surface area contributed by atoms with Crippen molar-refractivity contribution in [2.45, 2.75) is 39.2 Å². The van der Waals surface area contributed by atoms with Crippen molar-refractivity contribution in [3.63, 3.8) is 0 Å². The molecule has 0 aromatic heterocycles. The number of allylic oxidation sites excluding steroid dienone is 2. The highest BCUT2D eigenvalue weighted by atomic mass is 19.1. The average molecular weight is 350 g/mol. The second-order valence-electron chi connectivity index (χ2n) is 6.08. The lowest BCUT2D eigenvalue weighted by Crippen LogP contribution is -2.28. The minimum atomic E-state index is -1.08. The highest BCUT2D eigenvalue weighted by molar-refractivity contribution is 5.90. The van der Waals surface area contributed by atoms with Crippen LogP contribution in [-0.4, -0.2) is 27.3 Å². The van der Waals surface area contributed by atoms with Crippen LogP contribution in [0.1, 0.15) is 44.8 Å². The second kappa shape index (κ2) is 9.13. The molecule has 2 atom stereocenters. The number of aliphatic carboxylic acids is 2. The maximum Gasteiger partial charge on any atom is 0.331 e. The van der Waals surface area contributed by atoms with E-state index in [2.05, 4.69) is 0 Å². The molecule has 1 aliphatic carbocycles. The zero-order valence-electron chi connectivity index (χ0n) is 14.3. The fourth-order valence-corrected chi connectivity index (χ4v) is 2.36. The summed E-state index contributed by atoms with van der Waals surface area (Å²) in [5, 5.41) is 26.9. The lowest BCUT2D eigenvalue weighted by molar-refractivity contribution is -0.145. The number of aliphatic hydroxyl groups is 1. The first-order valence-corrected chi connectivity index (χ1v) is 7.99. The van der Waals surface area contributed by atoms with Crippen molar-refractivity contribution in [1.29, 1.82) is 0 Å². The fourth-order valence-electron chi connectivity index (χ4n) is 2.36. The molecular weight excluding hydrogens is 327 g/mol. The number of carbonyl (C=O) groups is 2. The molecule has 0 bridgehead atoms. The zero-order valence-corrected chi connectivity index (χ0v) is 14.3. The first-order valence-electron chi connectivity index (χ1n) is 7.99. The first kappa shape index (κ1) is 20.6. The fraction of sp³-hybridized carbons (Fsp3) is 0.368. The van der Waals surface area contributed by atoms with Gasteiger partial charge in [-0.15, -0.1) is 0 Å². The molecule has 3 N–H and O–H groups in total. The van der Waals surface area contributed by atoms with Gasteiger partial charge in [0.25, 0.3) is 0 Å². The summed E-state index contributed by atoms with van der Waals surface area (Å²) in [6, 6.07) is 6.35. The SMILES string of the molecule is CC1(C(=O)O)C=CC=C(C(=O)O)C1.CCCC(O)c1ccccc1F. The summed E-state index contributed by atoms with van der Waals surface area (Å²) in [6.07, 6.45) is 5.25. The van der Waals surface area contributed by atoms with E-state index in [1.165, 1.54) is 31.2 Å². The predicted octanol–water partition coefficient (Wildman–Crippen LogP) is 3.71. The zero-order chi connectivity index (χ0) is 19.0. The topological polar surface area (TPSA) is 94.8 Å². The number of halogens is 1. The lowest BCUT2D eigenvalue weighted by Gasteiger charge is -2.23. The standard InChI is InChI=1S/C10H13FO.C9H10O4/c1-2-5-10(12)8-6-3-4-7-9(8)11;1-9(8(12)13)4-2-3-6(5-9)7(10)11/h3-4,6-7,10,12H,2,5H2,1H3;2-4H,5H2,1H3,(H,10,11)(H,12,13). The number of hydrogen-bond donors (Lipinski definition) is 3. The van der Waals surface area contributed by atoms with Crippen LogP contribution < -0.4 is 0 Å². The Morgan fingerprint density at radius 1 is 1.28 bits per heavy atom. The van der Waals surface area contributed by atoms with E-state index in [0.29, 0.717) is 12.0 Å². The Labute approximate surface area is 146 Å². The van der Waals surface area contributed by atoms with Crippen molar-refractivity contribution in [3.05, 3.63) is 59.4 Å². The van der Waals surface area contributed by atoms with Crippen molar-refractivity contribution in [2.75, 3.05) is 0 Å². The van der Waals surface area contributed by atoms with Crippen LogP contribution in [0.4, 0.5) is 4.39 Å². The molecule has 0 saturated carbocycles. The molecule has 0 radical (unpaired) electrons. The van der Waals surface area contributed by atoms with Gasteiger partial charge in [0.15, 0.2) is 0 Å². The molecule has 5 nitrogen and oxygen atoms in total. The molecule has 0 aliphatic heterocycles. The van der Waals surface area contributed by atoms with Crippen LogP contribution in [0.3, 0.4) is 0 Å². The number of aliphatic hydroxyl groups excluding tert-OH is 1. The Bertz CT molecular complexity index is 680. The Balaban J connectivity index is 0.000000251. The smallest absolute Gasteiger partial charge is 0.331 e. The van der Waals surface area contributed by atoms with E-state index in [0.717, 1.165) is 6.42 Å². The Morgan fingerprint density at radius 2 is 1.92 bits per heavy atom. The highest BCUT2D eigenvalue weighted by Crippen LogP contribution is 2.31. The molecule has 0 heterocycles. The maximum atomic E-state index is 13.0. The van der Waals surface area contributed by atoms with Gasteiger partial charge in [-0.2, -0.15) is 0 Å². The van der Waals surface area contributed by atoms with Gasteiger partial charge in [0.2, 0.25) is 0 Å². The molecule has 0 fully saturated rings. The van der Waals surface area contributed by atoms with E-state index in [1.54, 1.807) is 18.2 Å². The van der Waals surface area contributed by atoms with Gasteiger partial charge in [-0.05, 0) is 25.8 Å². The van der Waals surface area contributed by atoms with Crippen molar-refractivity contribution in [1.82, 2.24) is 0 Å².